The second-order valence-electron chi connectivity index (χ2n) is 3.54. The molecule has 0 aromatic carbocycles. The van der Waals surface area contributed by atoms with Crippen LogP contribution in [0.15, 0.2) is 35.5 Å². The molecule has 0 saturated carbocycles. The van der Waals surface area contributed by atoms with Gasteiger partial charge in [-0.15, -0.1) is 0 Å². The molecule has 0 bridgehead atoms. The minimum absolute atomic E-state index is 1.13. The Morgan fingerprint density at radius 2 is 1.79 bits per heavy atom. The van der Waals surface area contributed by atoms with E-state index < -0.39 is 0 Å². The molecule has 0 aliphatic heterocycles. The first-order valence-electron chi connectivity index (χ1n) is 5.76. The maximum atomic E-state index is 2.33. The summed E-state index contributed by atoms with van der Waals surface area (Å²) >= 11 is 0. The average molecular weight is 192 g/mol. The first-order valence-corrected chi connectivity index (χ1v) is 5.76. The zero-order chi connectivity index (χ0) is 10.8. The summed E-state index contributed by atoms with van der Waals surface area (Å²) in [5.41, 5.74) is 2.90. The first kappa shape index (κ1) is 13.2. The van der Waals surface area contributed by atoms with Crippen molar-refractivity contribution in [3.63, 3.8) is 0 Å². The van der Waals surface area contributed by atoms with Crippen LogP contribution in [-0.4, -0.2) is 0 Å². The van der Waals surface area contributed by atoms with Gasteiger partial charge in [-0.25, -0.2) is 0 Å². The van der Waals surface area contributed by atoms with Crippen molar-refractivity contribution in [1.82, 2.24) is 0 Å². The Morgan fingerprint density at radius 1 is 1.07 bits per heavy atom. The molecular weight excluding hydrogens is 168 g/mol. The highest BCUT2D eigenvalue weighted by atomic mass is 14.0. The molecule has 0 fully saturated rings. The van der Waals surface area contributed by atoms with E-state index in [1.165, 1.54) is 30.4 Å². The second kappa shape index (κ2) is 8.80. The Bertz CT molecular complexity index is 216. The summed E-state index contributed by atoms with van der Waals surface area (Å²) < 4.78 is 0. The van der Waals surface area contributed by atoms with Gasteiger partial charge in [0, 0.05) is 0 Å². The van der Waals surface area contributed by atoms with Crippen LogP contribution in [0.4, 0.5) is 0 Å². The van der Waals surface area contributed by atoms with Crippen molar-refractivity contribution in [2.45, 2.75) is 53.4 Å². The minimum Gasteiger partial charge on any atom is -0.0874 e. The van der Waals surface area contributed by atoms with Gasteiger partial charge in [0.1, 0.15) is 0 Å². The van der Waals surface area contributed by atoms with Gasteiger partial charge in [0.15, 0.2) is 0 Å². The van der Waals surface area contributed by atoms with Crippen molar-refractivity contribution < 1.29 is 0 Å². The van der Waals surface area contributed by atoms with Crippen molar-refractivity contribution in [2.75, 3.05) is 0 Å². The number of allylic oxidation sites excluding steroid dienone is 6. The molecule has 0 spiro atoms. The second-order valence-corrected chi connectivity index (χ2v) is 3.54. The summed E-state index contributed by atoms with van der Waals surface area (Å²) in [7, 11) is 0. The number of unbranched alkanes of at least 4 members (excludes halogenated alkanes) is 1. The number of rotatable bonds is 6. The summed E-state index contributed by atoms with van der Waals surface area (Å²) in [6.45, 7) is 8.64. The van der Waals surface area contributed by atoms with Crippen LogP contribution in [0.2, 0.25) is 0 Å². The summed E-state index contributed by atoms with van der Waals surface area (Å²) in [5, 5.41) is 0. The van der Waals surface area contributed by atoms with Crippen molar-refractivity contribution >= 4 is 0 Å². The van der Waals surface area contributed by atoms with E-state index in [4.69, 9.17) is 0 Å². The Kier molecular flexibility index (Phi) is 8.31. The molecule has 80 valence electrons. The Morgan fingerprint density at radius 3 is 2.21 bits per heavy atom. The van der Waals surface area contributed by atoms with Gasteiger partial charge >= 0.3 is 0 Å². The lowest BCUT2D eigenvalue weighted by Gasteiger charge is -2.03. The SMILES string of the molecule is C\C=C/C(=C\C(=C\C)CC)CCCC. The molecule has 0 rings (SSSR count). The third kappa shape index (κ3) is 5.80. The van der Waals surface area contributed by atoms with Gasteiger partial charge in [-0.1, -0.05) is 50.1 Å². The zero-order valence-electron chi connectivity index (χ0n) is 10.1. The van der Waals surface area contributed by atoms with E-state index >= 15 is 0 Å². The lowest BCUT2D eigenvalue weighted by molar-refractivity contribution is 0.796. The number of hydrogen-bond donors (Lipinski definition) is 0. The molecule has 0 amide bonds. The van der Waals surface area contributed by atoms with Gasteiger partial charge in [0.05, 0.1) is 0 Å². The molecule has 14 heavy (non-hydrogen) atoms. The van der Waals surface area contributed by atoms with E-state index in [0.717, 1.165) is 6.42 Å². The van der Waals surface area contributed by atoms with Crippen LogP contribution < -0.4 is 0 Å². The highest BCUT2D eigenvalue weighted by Gasteiger charge is 1.94. The summed E-state index contributed by atoms with van der Waals surface area (Å²) in [6, 6.07) is 0. The van der Waals surface area contributed by atoms with Crippen molar-refractivity contribution in [1.29, 1.82) is 0 Å². The van der Waals surface area contributed by atoms with E-state index in [2.05, 4.69) is 52.0 Å². The topological polar surface area (TPSA) is 0 Å². The molecule has 0 aromatic rings. The Labute approximate surface area is 89.4 Å². The normalized spacial score (nSPS) is 14.0. The zero-order valence-corrected chi connectivity index (χ0v) is 10.1. The largest absolute Gasteiger partial charge is 0.0874 e. The van der Waals surface area contributed by atoms with Gasteiger partial charge < -0.3 is 0 Å². The standard InChI is InChI=1S/C14H24/c1-5-9-11-14(10-6-2)12-13(7-3)8-4/h6-7,10,12H,5,8-9,11H2,1-4H3/b10-6-,13-7+,14-12+. The maximum absolute atomic E-state index is 2.33. The Balaban J connectivity index is 4.45. The average Bonchev–Trinajstić information content (AvgIpc) is 2.22. The van der Waals surface area contributed by atoms with E-state index in [1.807, 2.05) is 0 Å². The fourth-order valence-corrected chi connectivity index (χ4v) is 1.43. The maximum Gasteiger partial charge on any atom is -0.0279 e. The van der Waals surface area contributed by atoms with E-state index in [9.17, 15) is 0 Å². The summed E-state index contributed by atoms with van der Waals surface area (Å²) in [6.07, 6.45) is 13.8. The van der Waals surface area contributed by atoms with Gasteiger partial charge in [-0.05, 0) is 38.7 Å². The molecule has 0 radical (unpaired) electrons. The molecular formula is C14H24. The van der Waals surface area contributed by atoms with Gasteiger partial charge in [-0.3, -0.25) is 0 Å². The first-order chi connectivity index (χ1) is 6.78. The van der Waals surface area contributed by atoms with Gasteiger partial charge in [0.2, 0.25) is 0 Å². The predicted octanol–water partition coefficient (Wildman–Crippen LogP) is 5.04. The minimum atomic E-state index is 1.13. The number of hydrogen-bond acceptors (Lipinski definition) is 0. The van der Waals surface area contributed by atoms with Crippen LogP contribution in [0.1, 0.15) is 53.4 Å². The predicted molar refractivity (Wildman–Crippen MR) is 66.5 cm³/mol. The van der Waals surface area contributed by atoms with Crippen molar-refractivity contribution in [2.24, 2.45) is 0 Å². The molecule has 0 heteroatoms. The fraction of sp³-hybridized carbons (Fsp3) is 0.571. The molecule has 0 atom stereocenters. The highest BCUT2D eigenvalue weighted by molar-refractivity contribution is 5.29. The van der Waals surface area contributed by atoms with E-state index in [1.54, 1.807) is 0 Å². The van der Waals surface area contributed by atoms with Gasteiger partial charge in [-0.2, -0.15) is 0 Å². The highest BCUT2D eigenvalue weighted by Crippen LogP contribution is 2.14. The van der Waals surface area contributed by atoms with Crippen LogP contribution >= 0.6 is 0 Å². The molecule has 0 nitrogen and oxygen atoms in total. The smallest absolute Gasteiger partial charge is 0.0279 e. The van der Waals surface area contributed by atoms with Crippen LogP contribution in [0.3, 0.4) is 0 Å². The monoisotopic (exact) mass is 192 g/mol. The van der Waals surface area contributed by atoms with Crippen molar-refractivity contribution in [3.8, 4) is 0 Å². The fourth-order valence-electron chi connectivity index (χ4n) is 1.43. The molecule has 0 heterocycles. The quantitative estimate of drug-likeness (QED) is 0.517. The molecule has 0 aliphatic rings. The van der Waals surface area contributed by atoms with Crippen LogP contribution in [0.5, 0.6) is 0 Å². The van der Waals surface area contributed by atoms with Crippen LogP contribution in [-0.2, 0) is 0 Å². The molecule has 0 saturated heterocycles. The lowest BCUT2D eigenvalue weighted by atomic mass is 10.0. The molecule has 0 N–H and O–H groups in total. The van der Waals surface area contributed by atoms with Crippen LogP contribution in [0, 0.1) is 0 Å². The lowest BCUT2D eigenvalue weighted by Crippen LogP contribution is -1.82. The van der Waals surface area contributed by atoms with E-state index in [0.29, 0.717) is 0 Å². The molecule has 0 aliphatic carbocycles. The summed E-state index contributed by atoms with van der Waals surface area (Å²) in [5.74, 6) is 0. The van der Waals surface area contributed by atoms with Crippen LogP contribution in [0.25, 0.3) is 0 Å². The third-order valence-electron chi connectivity index (χ3n) is 2.35. The molecule has 0 unspecified atom stereocenters. The Hall–Kier alpha value is -0.780. The molecule has 0 aromatic heterocycles. The van der Waals surface area contributed by atoms with Crippen molar-refractivity contribution in [3.05, 3.63) is 35.5 Å². The summed E-state index contributed by atoms with van der Waals surface area (Å²) in [4.78, 5) is 0. The van der Waals surface area contributed by atoms with Gasteiger partial charge in [0.25, 0.3) is 0 Å². The third-order valence-corrected chi connectivity index (χ3v) is 2.35. The van der Waals surface area contributed by atoms with E-state index in [-0.39, 0.29) is 0 Å².